The zero-order chi connectivity index (χ0) is 16.8. The summed E-state index contributed by atoms with van der Waals surface area (Å²) in [5, 5.41) is 3.64. The quantitative estimate of drug-likeness (QED) is 0.846. The van der Waals surface area contributed by atoms with Crippen molar-refractivity contribution in [2.24, 2.45) is 0 Å². The van der Waals surface area contributed by atoms with E-state index in [4.69, 9.17) is 9.47 Å². The minimum absolute atomic E-state index is 0.533. The van der Waals surface area contributed by atoms with Crippen molar-refractivity contribution >= 4 is 0 Å². The van der Waals surface area contributed by atoms with E-state index in [2.05, 4.69) is 39.5 Å². The number of pyridine rings is 1. The lowest BCUT2D eigenvalue weighted by atomic mass is 10.2. The molecule has 1 aliphatic heterocycles. The zero-order valence-corrected chi connectivity index (χ0v) is 14.4. The Balaban J connectivity index is 1.52. The number of hydrogen-bond donors (Lipinski definition) is 1. The predicted octanol–water partition coefficient (Wildman–Crippen LogP) is 2.46. The van der Waals surface area contributed by atoms with Crippen LogP contribution in [0.2, 0.25) is 0 Å². The van der Waals surface area contributed by atoms with Crippen LogP contribution >= 0.6 is 0 Å². The molecule has 128 valence electrons. The number of likely N-dealkylation sites (tertiary alicyclic amines) is 1. The van der Waals surface area contributed by atoms with E-state index >= 15 is 0 Å². The highest BCUT2D eigenvalue weighted by Gasteiger charge is 2.22. The van der Waals surface area contributed by atoms with Gasteiger partial charge < -0.3 is 14.8 Å². The number of rotatable bonds is 7. The molecule has 1 aromatic carbocycles. The van der Waals surface area contributed by atoms with E-state index in [-0.39, 0.29) is 0 Å². The summed E-state index contributed by atoms with van der Waals surface area (Å²) < 4.78 is 10.7. The molecular weight excluding hydrogens is 302 g/mol. The summed E-state index contributed by atoms with van der Waals surface area (Å²) in [5.41, 5.74) is 2.50. The number of aromatic nitrogens is 1. The summed E-state index contributed by atoms with van der Waals surface area (Å²) in [5.74, 6) is 1.69. The molecule has 0 bridgehead atoms. The molecule has 0 spiro atoms. The average Bonchev–Trinajstić information content (AvgIpc) is 3.07. The molecule has 24 heavy (non-hydrogen) atoms. The van der Waals surface area contributed by atoms with E-state index in [9.17, 15) is 0 Å². The Kier molecular flexibility index (Phi) is 5.67. The lowest BCUT2D eigenvalue weighted by molar-refractivity contribution is 0.317. The highest BCUT2D eigenvalue weighted by Crippen LogP contribution is 2.24. The van der Waals surface area contributed by atoms with Crippen LogP contribution in [0.25, 0.3) is 0 Å². The van der Waals surface area contributed by atoms with Crippen molar-refractivity contribution in [3.05, 3.63) is 53.9 Å². The summed E-state index contributed by atoms with van der Waals surface area (Å²) in [6, 6.07) is 10.7. The Hall–Kier alpha value is -2.11. The van der Waals surface area contributed by atoms with Crippen LogP contribution in [0.1, 0.15) is 17.5 Å². The van der Waals surface area contributed by atoms with E-state index in [1.165, 1.54) is 17.5 Å². The maximum absolute atomic E-state index is 5.35. The van der Waals surface area contributed by atoms with Crippen molar-refractivity contribution in [1.82, 2.24) is 15.2 Å². The lowest BCUT2D eigenvalue weighted by Gasteiger charge is -2.18. The number of methoxy groups -OCH3 is 2. The fourth-order valence-corrected chi connectivity index (χ4v) is 3.12. The second-order valence-electron chi connectivity index (χ2n) is 6.18. The van der Waals surface area contributed by atoms with Gasteiger partial charge in [-0.2, -0.15) is 0 Å². The minimum Gasteiger partial charge on any atom is -0.497 e. The molecule has 0 amide bonds. The van der Waals surface area contributed by atoms with Gasteiger partial charge in [0, 0.05) is 50.7 Å². The number of benzene rings is 1. The van der Waals surface area contributed by atoms with Gasteiger partial charge >= 0.3 is 0 Å². The predicted molar refractivity (Wildman–Crippen MR) is 94.3 cm³/mol. The second-order valence-corrected chi connectivity index (χ2v) is 6.18. The number of ether oxygens (including phenoxy) is 2. The first kappa shape index (κ1) is 16.7. The normalized spacial score (nSPS) is 17.8. The van der Waals surface area contributed by atoms with E-state index in [0.29, 0.717) is 6.04 Å². The van der Waals surface area contributed by atoms with Crippen LogP contribution in [-0.2, 0) is 13.1 Å². The summed E-state index contributed by atoms with van der Waals surface area (Å²) in [6.07, 6.45) is 4.86. The first-order chi connectivity index (χ1) is 11.8. The van der Waals surface area contributed by atoms with Gasteiger partial charge in [0.05, 0.1) is 14.2 Å². The molecule has 5 nitrogen and oxygen atoms in total. The van der Waals surface area contributed by atoms with Crippen LogP contribution in [-0.4, -0.2) is 43.2 Å². The van der Waals surface area contributed by atoms with Crippen LogP contribution in [0.4, 0.5) is 0 Å². The third kappa shape index (κ3) is 4.46. The molecular formula is C19H25N3O2. The van der Waals surface area contributed by atoms with Crippen LogP contribution < -0.4 is 14.8 Å². The summed E-state index contributed by atoms with van der Waals surface area (Å²) in [6.45, 7) is 3.98. The van der Waals surface area contributed by atoms with Crippen molar-refractivity contribution in [3.63, 3.8) is 0 Å². The zero-order valence-electron chi connectivity index (χ0n) is 14.4. The van der Waals surface area contributed by atoms with Crippen molar-refractivity contribution in [2.45, 2.75) is 25.6 Å². The fraction of sp³-hybridized carbons (Fsp3) is 0.421. The molecule has 0 saturated carbocycles. The maximum atomic E-state index is 5.35. The Labute approximate surface area is 143 Å². The highest BCUT2D eigenvalue weighted by molar-refractivity contribution is 5.38. The van der Waals surface area contributed by atoms with Gasteiger partial charge in [-0.1, -0.05) is 0 Å². The molecule has 1 aromatic heterocycles. The first-order valence-electron chi connectivity index (χ1n) is 8.33. The van der Waals surface area contributed by atoms with Crippen LogP contribution in [0.3, 0.4) is 0 Å². The van der Waals surface area contributed by atoms with Gasteiger partial charge in [-0.25, -0.2) is 0 Å². The monoisotopic (exact) mass is 327 g/mol. The van der Waals surface area contributed by atoms with Gasteiger partial charge in [0.2, 0.25) is 0 Å². The molecule has 3 rings (SSSR count). The molecule has 1 fully saturated rings. The Bertz CT molecular complexity index is 626. The van der Waals surface area contributed by atoms with E-state index < -0.39 is 0 Å². The molecule has 1 N–H and O–H groups in total. The summed E-state index contributed by atoms with van der Waals surface area (Å²) >= 11 is 0. The van der Waals surface area contributed by atoms with Crippen LogP contribution in [0, 0.1) is 0 Å². The Morgan fingerprint density at radius 1 is 1.08 bits per heavy atom. The van der Waals surface area contributed by atoms with Crippen LogP contribution in [0.5, 0.6) is 11.5 Å². The molecule has 0 aliphatic carbocycles. The molecule has 1 aliphatic rings. The minimum atomic E-state index is 0.533. The molecule has 2 aromatic rings. The molecule has 0 radical (unpaired) electrons. The van der Waals surface area contributed by atoms with Gasteiger partial charge in [0.15, 0.2) is 0 Å². The SMILES string of the molecule is COc1cc(CN2CC[C@@H](NCc3ccncc3)C2)cc(OC)c1. The second kappa shape index (κ2) is 8.13. The molecule has 1 atom stereocenters. The lowest BCUT2D eigenvalue weighted by Crippen LogP contribution is -2.31. The molecule has 5 heteroatoms. The maximum Gasteiger partial charge on any atom is 0.122 e. The Morgan fingerprint density at radius 2 is 1.79 bits per heavy atom. The molecule has 0 unspecified atom stereocenters. The van der Waals surface area contributed by atoms with Crippen molar-refractivity contribution < 1.29 is 9.47 Å². The number of nitrogens with zero attached hydrogens (tertiary/aromatic N) is 2. The summed E-state index contributed by atoms with van der Waals surface area (Å²) in [7, 11) is 3.38. The topological polar surface area (TPSA) is 46.6 Å². The van der Waals surface area contributed by atoms with E-state index in [1.54, 1.807) is 14.2 Å². The van der Waals surface area contributed by atoms with Gasteiger partial charge in [0.25, 0.3) is 0 Å². The average molecular weight is 327 g/mol. The van der Waals surface area contributed by atoms with Crippen molar-refractivity contribution in [3.8, 4) is 11.5 Å². The van der Waals surface area contributed by atoms with E-state index in [0.717, 1.165) is 37.7 Å². The smallest absolute Gasteiger partial charge is 0.122 e. The van der Waals surface area contributed by atoms with Crippen LogP contribution in [0.15, 0.2) is 42.7 Å². The molecule has 2 heterocycles. The number of hydrogen-bond acceptors (Lipinski definition) is 5. The van der Waals surface area contributed by atoms with Crippen molar-refractivity contribution in [2.75, 3.05) is 27.3 Å². The van der Waals surface area contributed by atoms with Crippen molar-refractivity contribution in [1.29, 1.82) is 0 Å². The third-order valence-corrected chi connectivity index (χ3v) is 4.43. The summed E-state index contributed by atoms with van der Waals surface area (Å²) in [4.78, 5) is 6.53. The standard InChI is InChI=1S/C19H25N3O2/c1-23-18-9-16(10-19(11-18)24-2)13-22-8-5-17(14-22)21-12-15-3-6-20-7-4-15/h3-4,6-7,9-11,17,21H,5,8,12-14H2,1-2H3/t17-/m1/s1. The number of nitrogens with one attached hydrogen (secondary N) is 1. The van der Waals surface area contributed by atoms with Gasteiger partial charge in [-0.05, 0) is 41.8 Å². The third-order valence-electron chi connectivity index (χ3n) is 4.43. The largest absolute Gasteiger partial charge is 0.497 e. The van der Waals surface area contributed by atoms with Gasteiger partial charge in [0.1, 0.15) is 11.5 Å². The highest BCUT2D eigenvalue weighted by atomic mass is 16.5. The van der Waals surface area contributed by atoms with Gasteiger partial charge in [-0.3, -0.25) is 9.88 Å². The Morgan fingerprint density at radius 3 is 2.46 bits per heavy atom. The molecule has 1 saturated heterocycles. The van der Waals surface area contributed by atoms with E-state index in [1.807, 2.05) is 18.5 Å². The first-order valence-corrected chi connectivity index (χ1v) is 8.33. The van der Waals surface area contributed by atoms with Gasteiger partial charge in [-0.15, -0.1) is 0 Å². The fourth-order valence-electron chi connectivity index (χ4n) is 3.12.